The number of aryl methyl sites for hydroxylation is 2. The molecule has 8 nitrogen and oxygen atoms in total. The van der Waals surface area contributed by atoms with Crippen LogP contribution >= 0.6 is 0 Å². The number of nitrogens with one attached hydrogen (secondary N) is 1. The highest BCUT2D eigenvalue weighted by Crippen LogP contribution is 2.19. The van der Waals surface area contributed by atoms with Crippen LogP contribution in [0.4, 0.5) is 10.6 Å². The maximum Gasteiger partial charge on any atom is 0.317 e. The van der Waals surface area contributed by atoms with E-state index in [4.69, 9.17) is 0 Å². The Morgan fingerprint density at radius 3 is 2.68 bits per heavy atom. The Labute approximate surface area is 164 Å². The van der Waals surface area contributed by atoms with Crippen LogP contribution in [0.25, 0.3) is 5.65 Å². The quantitative estimate of drug-likeness (QED) is 0.685. The van der Waals surface area contributed by atoms with Crippen LogP contribution in [-0.4, -0.2) is 63.2 Å². The smallest absolute Gasteiger partial charge is 0.317 e. The molecule has 3 heterocycles. The van der Waals surface area contributed by atoms with Crippen LogP contribution in [0.15, 0.2) is 42.7 Å². The number of carbonyl (C=O) groups excluding carboxylic acids is 1. The molecule has 1 N–H and O–H groups in total. The second-order valence-electron chi connectivity index (χ2n) is 6.99. The van der Waals surface area contributed by atoms with Crippen molar-refractivity contribution in [2.75, 3.05) is 37.6 Å². The summed E-state index contributed by atoms with van der Waals surface area (Å²) in [7, 11) is 0. The molecule has 0 atom stereocenters. The zero-order chi connectivity index (χ0) is 19.3. The monoisotopic (exact) mass is 379 g/mol. The average molecular weight is 379 g/mol. The van der Waals surface area contributed by atoms with Crippen molar-refractivity contribution in [1.29, 1.82) is 0 Å². The minimum Gasteiger partial charge on any atom is -0.350 e. The maximum atomic E-state index is 12.4. The van der Waals surface area contributed by atoms with E-state index in [2.05, 4.69) is 37.5 Å². The predicted octanol–water partition coefficient (Wildman–Crippen LogP) is 1.90. The van der Waals surface area contributed by atoms with E-state index in [1.54, 1.807) is 6.20 Å². The van der Waals surface area contributed by atoms with E-state index in [0.29, 0.717) is 19.6 Å². The SMILES string of the molecule is Cc1nnc2c(N3CCN(C(=O)NCCCc4ccccc4)CC3)nccn12. The molecule has 1 saturated heterocycles. The number of aromatic nitrogens is 4. The summed E-state index contributed by atoms with van der Waals surface area (Å²) in [5, 5.41) is 11.4. The molecule has 2 aromatic heterocycles. The van der Waals surface area contributed by atoms with Gasteiger partial charge in [0.1, 0.15) is 5.82 Å². The number of rotatable bonds is 5. The molecule has 146 valence electrons. The fourth-order valence-electron chi connectivity index (χ4n) is 3.52. The summed E-state index contributed by atoms with van der Waals surface area (Å²) in [5.41, 5.74) is 2.06. The predicted molar refractivity (Wildman–Crippen MR) is 107 cm³/mol. The Kier molecular flexibility index (Phi) is 5.36. The normalized spacial score (nSPS) is 14.5. The zero-order valence-electron chi connectivity index (χ0n) is 16.1. The number of hydrogen-bond donors (Lipinski definition) is 1. The Balaban J connectivity index is 1.26. The van der Waals surface area contributed by atoms with Crippen molar-refractivity contribution in [2.24, 2.45) is 0 Å². The lowest BCUT2D eigenvalue weighted by atomic mass is 10.1. The van der Waals surface area contributed by atoms with Crippen molar-refractivity contribution < 1.29 is 4.79 Å². The molecule has 8 heteroatoms. The van der Waals surface area contributed by atoms with Crippen molar-refractivity contribution in [2.45, 2.75) is 19.8 Å². The first-order valence-electron chi connectivity index (χ1n) is 9.70. The number of benzene rings is 1. The van der Waals surface area contributed by atoms with E-state index in [-0.39, 0.29) is 6.03 Å². The first-order valence-corrected chi connectivity index (χ1v) is 9.70. The van der Waals surface area contributed by atoms with Crippen LogP contribution in [0.3, 0.4) is 0 Å². The largest absolute Gasteiger partial charge is 0.350 e. The minimum atomic E-state index is 0.0113. The molecule has 0 spiro atoms. The summed E-state index contributed by atoms with van der Waals surface area (Å²) in [6, 6.07) is 10.4. The lowest BCUT2D eigenvalue weighted by Gasteiger charge is -2.35. The highest BCUT2D eigenvalue weighted by molar-refractivity contribution is 5.74. The van der Waals surface area contributed by atoms with Gasteiger partial charge in [0.2, 0.25) is 5.65 Å². The van der Waals surface area contributed by atoms with Crippen molar-refractivity contribution in [3.05, 3.63) is 54.1 Å². The van der Waals surface area contributed by atoms with Gasteiger partial charge in [0, 0.05) is 45.1 Å². The molecule has 1 fully saturated rings. The van der Waals surface area contributed by atoms with Crippen molar-refractivity contribution >= 4 is 17.5 Å². The van der Waals surface area contributed by atoms with Gasteiger partial charge in [-0.2, -0.15) is 0 Å². The molecule has 28 heavy (non-hydrogen) atoms. The third-order valence-corrected chi connectivity index (χ3v) is 5.11. The van der Waals surface area contributed by atoms with Crippen LogP contribution in [0.1, 0.15) is 17.8 Å². The number of hydrogen-bond acceptors (Lipinski definition) is 5. The fourth-order valence-corrected chi connectivity index (χ4v) is 3.52. The van der Waals surface area contributed by atoms with Crippen LogP contribution in [0.2, 0.25) is 0 Å². The Morgan fingerprint density at radius 2 is 1.89 bits per heavy atom. The summed E-state index contributed by atoms with van der Waals surface area (Å²) in [5.74, 6) is 1.66. The molecule has 4 rings (SSSR count). The topological polar surface area (TPSA) is 78.7 Å². The lowest BCUT2D eigenvalue weighted by molar-refractivity contribution is 0.194. The van der Waals surface area contributed by atoms with E-state index in [1.165, 1.54) is 5.56 Å². The van der Waals surface area contributed by atoms with Gasteiger partial charge in [-0.1, -0.05) is 30.3 Å². The van der Waals surface area contributed by atoms with E-state index in [1.807, 2.05) is 40.6 Å². The van der Waals surface area contributed by atoms with Gasteiger partial charge < -0.3 is 15.1 Å². The summed E-state index contributed by atoms with van der Waals surface area (Å²) in [4.78, 5) is 20.9. The Bertz CT molecular complexity index is 932. The van der Waals surface area contributed by atoms with E-state index < -0.39 is 0 Å². The van der Waals surface area contributed by atoms with Crippen LogP contribution in [-0.2, 0) is 6.42 Å². The van der Waals surface area contributed by atoms with Crippen LogP contribution in [0.5, 0.6) is 0 Å². The fraction of sp³-hybridized carbons (Fsp3) is 0.400. The molecule has 1 aliphatic heterocycles. The van der Waals surface area contributed by atoms with Gasteiger partial charge >= 0.3 is 6.03 Å². The molecule has 0 aliphatic carbocycles. The summed E-state index contributed by atoms with van der Waals surface area (Å²) in [6.07, 6.45) is 5.55. The molecular formula is C20H25N7O. The first kappa shape index (κ1) is 18.2. The highest BCUT2D eigenvalue weighted by atomic mass is 16.2. The molecule has 2 amide bonds. The lowest BCUT2D eigenvalue weighted by Crippen LogP contribution is -2.52. The van der Waals surface area contributed by atoms with Gasteiger partial charge in [0.25, 0.3) is 0 Å². The molecule has 0 bridgehead atoms. The first-order chi connectivity index (χ1) is 13.7. The number of fused-ring (bicyclic) bond motifs is 1. The van der Waals surface area contributed by atoms with Gasteiger partial charge in [-0.3, -0.25) is 4.40 Å². The van der Waals surface area contributed by atoms with Crippen molar-refractivity contribution in [1.82, 2.24) is 29.8 Å². The average Bonchev–Trinajstić information content (AvgIpc) is 3.13. The number of carbonyl (C=O) groups is 1. The summed E-state index contributed by atoms with van der Waals surface area (Å²) >= 11 is 0. The zero-order valence-corrected chi connectivity index (χ0v) is 16.1. The van der Waals surface area contributed by atoms with Gasteiger partial charge in [0.05, 0.1) is 0 Å². The van der Waals surface area contributed by atoms with Crippen LogP contribution < -0.4 is 10.2 Å². The Hall–Kier alpha value is -3.16. The standard InChI is InChI=1S/C20H25N7O/c1-16-23-24-19-18(21-10-11-27(16)19)25-12-14-26(15-13-25)20(28)22-9-5-8-17-6-3-2-4-7-17/h2-4,6-7,10-11H,5,8-9,12-15H2,1H3,(H,22,28). The minimum absolute atomic E-state index is 0.0113. The van der Waals surface area contributed by atoms with E-state index in [0.717, 1.165) is 43.2 Å². The molecular weight excluding hydrogens is 354 g/mol. The van der Waals surface area contributed by atoms with Gasteiger partial charge in [-0.25, -0.2) is 9.78 Å². The summed E-state index contributed by atoms with van der Waals surface area (Å²) < 4.78 is 1.94. The highest BCUT2D eigenvalue weighted by Gasteiger charge is 2.23. The number of piperazine rings is 1. The van der Waals surface area contributed by atoms with E-state index >= 15 is 0 Å². The molecule has 0 unspecified atom stereocenters. The second-order valence-corrected chi connectivity index (χ2v) is 6.99. The van der Waals surface area contributed by atoms with Crippen LogP contribution in [0, 0.1) is 6.92 Å². The number of amides is 2. The summed E-state index contributed by atoms with van der Waals surface area (Å²) in [6.45, 7) is 5.41. The molecule has 0 radical (unpaired) electrons. The number of nitrogens with zero attached hydrogens (tertiary/aromatic N) is 6. The van der Waals surface area contributed by atoms with Gasteiger partial charge in [0.15, 0.2) is 5.82 Å². The van der Waals surface area contributed by atoms with Gasteiger partial charge in [-0.15, -0.1) is 10.2 Å². The molecule has 3 aromatic rings. The number of urea groups is 1. The van der Waals surface area contributed by atoms with Gasteiger partial charge in [-0.05, 0) is 25.3 Å². The molecule has 1 aliphatic rings. The van der Waals surface area contributed by atoms with Crippen molar-refractivity contribution in [3.63, 3.8) is 0 Å². The third kappa shape index (κ3) is 3.90. The second kappa shape index (κ2) is 8.24. The third-order valence-electron chi connectivity index (χ3n) is 5.11. The molecule has 1 aromatic carbocycles. The van der Waals surface area contributed by atoms with Crippen molar-refractivity contribution in [3.8, 4) is 0 Å². The maximum absolute atomic E-state index is 12.4. The molecule has 0 saturated carbocycles. The van der Waals surface area contributed by atoms with E-state index in [9.17, 15) is 4.79 Å². The number of anilines is 1. The Morgan fingerprint density at radius 1 is 1.11 bits per heavy atom.